The molecule has 1 N–H and O–H groups in total. The van der Waals surface area contributed by atoms with E-state index in [9.17, 15) is 8.78 Å². The summed E-state index contributed by atoms with van der Waals surface area (Å²) in [7, 11) is 0. The van der Waals surface area contributed by atoms with Crippen molar-refractivity contribution in [3.8, 4) is 0 Å². The van der Waals surface area contributed by atoms with Gasteiger partial charge in [0.25, 0.3) is 5.76 Å². The second kappa shape index (κ2) is 10.4. The fourth-order valence-electron chi connectivity index (χ4n) is 3.00. The van der Waals surface area contributed by atoms with Crippen LogP contribution in [0.4, 0.5) is 8.78 Å². The standard InChI is InChI=1S/C17H28F2N2O2S/c1-13-10-21(11-14(2)22-13)8-4-3-7-20-9-15-5-6-16(23-15)12-24-17(18)19/h5-6,13-14,17,20H,3-4,7-12H2,1-2H3. The molecule has 1 saturated heterocycles. The van der Waals surface area contributed by atoms with Crippen LogP contribution < -0.4 is 5.32 Å². The Hall–Kier alpha value is -0.630. The lowest BCUT2D eigenvalue weighted by Crippen LogP contribution is -2.45. The zero-order chi connectivity index (χ0) is 17.4. The van der Waals surface area contributed by atoms with Crippen LogP contribution in [0.2, 0.25) is 0 Å². The third-order valence-corrected chi connectivity index (χ3v) is 4.64. The van der Waals surface area contributed by atoms with E-state index >= 15 is 0 Å². The number of furan rings is 1. The normalized spacial score (nSPS) is 22.4. The van der Waals surface area contributed by atoms with E-state index in [1.54, 1.807) is 6.07 Å². The van der Waals surface area contributed by atoms with Gasteiger partial charge < -0.3 is 14.5 Å². The molecular formula is C17H28F2N2O2S. The number of unbranched alkanes of at least 4 members (excludes halogenated alkanes) is 1. The highest BCUT2D eigenvalue weighted by molar-refractivity contribution is 7.98. The number of nitrogens with zero attached hydrogens (tertiary/aromatic N) is 1. The molecule has 1 aromatic heterocycles. The maximum atomic E-state index is 12.1. The van der Waals surface area contributed by atoms with Crippen molar-refractivity contribution in [2.45, 2.75) is 57.0 Å². The monoisotopic (exact) mass is 362 g/mol. The molecule has 138 valence electrons. The molecule has 0 saturated carbocycles. The summed E-state index contributed by atoms with van der Waals surface area (Å²) in [5, 5.41) is 3.34. The van der Waals surface area contributed by atoms with Crippen molar-refractivity contribution in [2.75, 3.05) is 26.2 Å². The Morgan fingerprint density at radius 3 is 2.62 bits per heavy atom. The van der Waals surface area contributed by atoms with E-state index in [2.05, 4.69) is 24.1 Å². The maximum Gasteiger partial charge on any atom is 0.284 e. The molecule has 2 atom stereocenters. The van der Waals surface area contributed by atoms with E-state index in [0.29, 0.717) is 36.3 Å². The number of hydrogen-bond acceptors (Lipinski definition) is 5. The van der Waals surface area contributed by atoms with Crippen LogP contribution in [0.1, 0.15) is 38.2 Å². The number of halogens is 2. The molecule has 7 heteroatoms. The van der Waals surface area contributed by atoms with E-state index in [-0.39, 0.29) is 5.75 Å². The van der Waals surface area contributed by atoms with Crippen LogP contribution >= 0.6 is 11.8 Å². The molecule has 1 fully saturated rings. The minimum absolute atomic E-state index is 0.216. The van der Waals surface area contributed by atoms with Gasteiger partial charge in [0.1, 0.15) is 11.5 Å². The van der Waals surface area contributed by atoms with E-state index in [0.717, 1.165) is 44.8 Å². The summed E-state index contributed by atoms with van der Waals surface area (Å²) in [5.74, 6) is -0.730. The highest BCUT2D eigenvalue weighted by atomic mass is 32.2. The summed E-state index contributed by atoms with van der Waals surface area (Å²) in [6.07, 6.45) is 2.90. The van der Waals surface area contributed by atoms with Gasteiger partial charge in [0.05, 0.1) is 24.5 Å². The Morgan fingerprint density at radius 1 is 1.21 bits per heavy atom. The third-order valence-electron chi connectivity index (χ3n) is 3.94. The van der Waals surface area contributed by atoms with Crippen molar-refractivity contribution < 1.29 is 17.9 Å². The molecule has 0 radical (unpaired) electrons. The summed E-state index contributed by atoms with van der Waals surface area (Å²) >= 11 is 0.585. The molecule has 2 unspecified atom stereocenters. The molecule has 0 aromatic carbocycles. The summed E-state index contributed by atoms with van der Waals surface area (Å²) in [6.45, 7) is 8.97. The summed E-state index contributed by atoms with van der Waals surface area (Å²) < 4.78 is 35.5. The predicted octanol–water partition coefficient (Wildman–Crippen LogP) is 3.71. The van der Waals surface area contributed by atoms with Gasteiger partial charge in [0, 0.05) is 13.1 Å². The molecule has 0 spiro atoms. The fraction of sp³-hybridized carbons (Fsp3) is 0.765. The van der Waals surface area contributed by atoms with Crippen LogP contribution in [0.3, 0.4) is 0 Å². The number of thioether (sulfide) groups is 1. The van der Waals surface area contributed by atoms with Crippen LogP contribution in [0.25, 0.3) is 0 Å². The van der Waals surface area contributed by atoms with Crippen molar-refractivity contribution in [2.24, 2.45) is 0 Å². The minimum atomic E-state index is -2.35. The van der Waals surface area contributed by atoms with Gasteiger partial charge >= 0.3 is 0 Å². The van der Waals surface area contributed by atoms with E-state index in [1.165, 1.54) is 0 Å². The first kappa shape index (κ1) is 19.7. The van der Waals surface area contributed by atoms with Crippen molar-refractivity contribution >= 4 is 11.8 Å². The molecule has 0 aliphatic carbocycles. The Balaban J connectivity index is 1.52. The average molecular weight is 362 g/mol. The van der Waals surface area contributed by atoms with Crippen molar-refractivity contribution in [1.82, 2.24) is 10.2 Å². The number of ether oxygens (including phenoxy) is 1. The van der Waals surface area contributed by atoms with Gasteiger partial charge in [-0.25, -0.2) is 0 Å². The lowest BCUT2D eigenvalue weighted by atomic mass is 10.2. The van der Waals surface area contributed by atoms with Crippen molar-refractivity contribution in [3.05, 3.63) is 23.7 Å². The van der Waals surface area contributed by atoms with Gasteiger partial charge in [-0.2, -0.15) is 8.78 Å². The lowest BCUT2D eigenvalue weighted by molar-refractivity contribution is -0.0681. The largest absolute Gasteiger partial charge is 0.464 e. The first-order valence-electron chi connectivity index (χ1n) is 8.59. The number of rotatable bonds is 10. The van der Waals surface area contributed by atoms with Gasteiger partial charge in [-0.3, -0.25) is 4.90 Å². The molecule has 1 aliphatic rings. The molecule has 2 heterocycles. The molecule has 0 amide bonds. The Bertz CT molecular complexity index is 463. The number of alkyl halides is 2. The predicted molar refractivity (Wildman–Crippen MR) is 93.4 cm³/mol. The average Bonchev–Trinajstić information content (AvgIpc) is 2.95. The van der Waals surface area contributed by atoms with Crippen LogP contribution in [-0.4, -0.2) is 49.0 Å². The quantitative estimate of drug-likeness (QED) is 0.642. The first-order valence-corrected chi connectivity index (χ1v) is 9.63. The molecule has 0 bridgehead atoms. The van der Waals surface area contributed by atoms with E-state index in [4.69, 9.17) is 9.15 Å². The summed E-state index contributed by atoms with van der Waals surface area (Å²) in [4.78, 5) is 2.47. The van der Waals surface area contributed by atoms with Crippen LogP contribution in [0, 0.1) is 0 Å². The van der Waals surface area contributed by atoms with Crippen LogP contribution in [0.15, 0.2) is 16.5 Å². The smallest absolute Gasteiger partial charge is 0.284 e. The van der Waals surface area contributed by atoms with Gasteiger partial charge in [-0.1, -0.05) is 11.8 Å². The second-order valence-corrected chi connectivity index (χ2v) is 7.32. The van der Waals surface area contributed by atoms with Crippen molar-refractivity contribution in [1.29, 1.82) is 0 Å². The second-order valence-electron chi connectivity index (χ2n) is 6.34. The van der Waals surface area contributed by atoms with Gasteiger partial charge in [-0.15, -0.1) is 0 Å². The summed E-state index contributed by atoms with van der Waals surface area (Å²) in [5.41, 5.74) is 0. The molecule has 4 nitrogen and oxygen atoms in total. The molecule has 24 heavy (non-hydrogen) atoms. The Morgan fingerprint density at radius 2 is 1.92 bits per heavy atom. The molecule has 1 aliphatic heterocycles. The fourth-order valence-corrected chi connectivity index (χ4v) is 3.45. The Labute approximate surface area is 147 Å². The minimum Gasteiger partial charge on any atom is -0.464 e. The summed E-state index contributed by atoms with van der Waals surface area (Å²) in [6, 6.07) is 3.62. The first-order chi connectivity index (χ1) is 11.5. The third kappa shape index (κ3) is 7.51. The Kier molecular flexibility index (Phi) is 8.52. The topological polar surface area (TPSA) is 37.6 Å². The maximum absolute atomic E-state index is 12.1. The molecule has 2 rings (SSSR count). The van der Waals surface area contributed by atoms with E-state index in [1.807, 2.05) is 6.07 Å². The zero-order valence-corrected chi connectivity index (χ0v) is 15.3. The van der Waals surface area contributed by atoms with E-state index < -0.39 is 5.76 Å². The number of nitrogens with one attached hydrogen (secondary N) is 1. The van der Waals surface area contributed by atoms with Crippen LogP contribution in [-0.2, 0) is 17.0 Å². The number of morpholine rings is 1. The lowest BCUT2D eigenvalue weighted by Gasteiger charge is -2.35. The van der Waals surface area contributed by atoms with Crippen molar-refractivity contribution in [3.63, 3.8) is 0 Å². The van der Waals surface area contributed by atoms with Crippen LogP contribution in [0.5, 0.6) is 0 Å². The molecule has 1 aromatic rings. The molecular weight excluding hydrogens is 334 g/mol. The number of hydrogen-bond donors (Lipinski definition) is 1. The highest BCUT2D eigenvalue weighted by Crippen LogP contribution is 2.21. The van der Waals surface area contributed by atoms with Gasteiger partial charge in [0.2, 0.25) is 0 Å². The highest BCUT2D eigenvalue weighted by Gasteiger charge is 2.21. The zero-order valence-electron chi connectivity index (χ0n) is 14.5. The van der Waals surface area contributed by atoms with Gasteiger partial charge in [0.15, 0.2) is 0 Å². The van der Waals surface area contributed by atoms with Gasteiger partial charge in [-0.05, 0) is 51.9 Å². The SMILES string of the molecule is CC1CN(CCCCNCc2ccc(CSC(F)F)o2)CC(C)O1.